The lowest BCUT2D eigenvalue weighted by molar-refractivity contribution is -0.127. The highest BCUT2D eigenvalue weighted by molar-refractivity contribution is 6.01. The molecule has 0 radical (unpaired) electrons. The third-order valence-electron chi connectivity index (χ3n) is 8.05. The van der Waals surface area contributed by atoms with E-state index in [1.807, 2.05) is 6.08 Å². The van der Waals surface area contributed by atoms with Crippen molar-refractivity contribution in [2.75, 3.05) is 0 Å². The minimum Gasteiger partial charge on any atom is -0.300 e. The van der Waals surface area contributed by atoms with E-state index in [1.165, 1.54) is 31.3 Å². The topological polar surface area (TPSA) is 34.1 Å². The van der Waals surface area contributed by atoms with Gasteiger partial charge in [-0.25, -0.2) is 0 Å². The number of hydrogen-bond donors (Lipinski definition) is 0. The van der Waals surface area contributed by atoms with Gasteiger partial charge in [0.05, 0.1) is 0 Å². The SMILES string of the molecule is CC(=O)[C@H]1CC[C@H]2[C@@H]3CCC4=CC(=O)C=C[C@@]4(C)[C@H]3CC[C@]12C. The summed E-state index contributed by atoms with van der Waals surface area (Å²) in [6.45, 7) is 6.53. The Hall–Kier alpha value is -1.18. The van der Waals surface area contributed by atoms with Gasteiger partial charge in [-0.3, -0.25) is 9.59 Å². The highest BCUT2D eigenvalue weighted by atomic mass is 16.1. The van der Waals surface area contributed by atoms with Crippen molar-refractivity contribution in [2.45, 2.75) is 59.3 Å². The molecule has 0 aromatic rings. The second-order valence-electron chi connectivity index (χ2n) is 8.89. The summed E-state index contributed by atoms with van der Waals surface area (Å²) >= 11 is 0. The molecule has 0 spiro atoms. The maximum Gasteiger partial charge on any atom is 0.178 e. The van der Waals surface area contributed by atoms with Crippen molar-refractivity contribution >= 4 is 11.6 Å². The van der Waals surface area contributed by atoms with Crippen molar-refractivity contribution in [3.8, 4) is 0 Å². The normalized spacial score (nSPS) is 48.3. The maximum absolute atomic E-state index is 12.1. The summed E-state index contributed by atoms with van der Waals surface area (Å²) in [5, 5.41) is 0. The van der Waals surface area contributed by atoms with Gasteiger partial charge in [0, 0.05) is 11.3 Å². The fraction of sp³-hybridized carbons (Fsp3) is 0.714. The zero-order chi connectivity index (χ0) is 16.4. The molecule has 3 fully saturated rings. The summed E-state index contributed by atoms with van der Waals surface area (Å²) < 4.78 is 0. The van der Waals surface area contributed by atoms with Crippen LogP contribution in [0.1, 0.15) is 59.3 Å². The molecule has 6 atom stereocenters. The van der Waals surface area contributed by atoms with Gasteiger partial charge in [0.15, 0.2) is 5.78 Å². The van der Waals surface area contributed by atoms with Crippen molar-refractivity contribution in [3.63, 3.8) is 0 Å². The van der Waals surface area contributed by atoms with Crippen LogP contribution in [0.2, 0.25) is 0 Å². The first-order valence-electron chi connectivity index (χ1n) is 9.31. The van der Waals surface area contributed by atoms with Crippen LogP contribution < -0.4 is 0 Å². The molecule has 124 valence electrons. The number of carbonyl (C=O) groups is 2. The van der Waals surface area contributed by atoms with Crippen molar-refractivity contribution < 1.29 is 9.59 Å². The van der Waals surface area contributed by atoms with Gasteiger partial charge in [-0.05, 0) is 80.8 Å². The predicted molar refractivity (Wildman–Crippen MR) is 90.8 cm³/mol. The smallest absolute Gasteiger partial charge is 0.178 e. The summed E-state index contributed by atoms with van der Waals surface area (Å²) in [5.74, 6) is 2.91. The van der Waals surface area contributed by atoms with E-state index in [0.29, 0.717) is 17.6 Å². The lowest BCUT2D eigenvalue weighted by Crippen LogP contribution is -2.50. The number of ketones is 2. The molecule has 2 heteroatoms. The van der Waals surface area contributed by atoms with Gasteiger partial charge >= 0.3 is 0 Å². The Labute approximate surface area is 139 Å². The van der Waals surface area contributed by atoms with E-state index in [4.69, 9.17) is 0 Å². The van der Waals surface area contributed by atoms with E-state index in [0.717, 1.165) is 18.8 Å². The summed E-state index contributed by atoms with van der Waals surface area (Å²) in [6, 6.07) is 0. The van der Waals surface area contributed by atoms with Crippen molar-refractivity contribution in [2.24, 2.45) is 34.5 Å². The fourth-order valence-electron chi connectivity index (χ4n) is 6.87. The molecule has 3 saturated carbocycles. The molecule has 0 bridgehead atoms. The zero-order valence-corrected chi connectivity index (χ0v) is 14.6. The van der Waals surface area contributed by atoms with E-state index in [2.05, 4.69) is 19.9 Å². The van der Waals surface area contributed by atoms with Crippen LogP contribution in [0.3, 0.4) is 0 Å². The number of carbonyl (C=O) groups excluding carboxylic acids is 2. The molecule has 4 aliphatic rings. The van der Waals surface area contributed by atoms with Gasteiger partial charge in [-0.2, -0.15) is 0 Å². The van der Waals surface area contributed by atoms with Crippen LogP contribution in [0.5, 0.6) is 0 Å². The molecule has 4 aliphatic carbocycles. The van der Waals surface area contributed by atoms with Crippen LogP contribution >= 0.6 is 0 Å². The first-order valence-corrected chi connectivity index (χ1v) is 9.31. The molecule has 0 aromatic carbocycles. The average molecular weight is 312 g/mol. The van der Waals surface area contributed by atoms with E-state index >= 15 is 0 Å². The molecule has 23 heavy (non-hydrogen) atoms. The quantitative estimate of drug-likeness (QED) is 0.714. The number of hydrogen-bond acceptors (Lipinski definition) is 2. The molecule has 0 amide bonds. The van der Waals surface area contributed by atoms with Gasteiger partial charge < -0.3 is 0 Å². The summed E-state index contributed by atoms with van der Waals surface area (Å²) in [4.78, 5) is 23.9. The maximum atomic E-state index is 12.1. The minimum atomic E-state index is 0.0759. The fourth-order valence-corrected chi connectivity index (χ4v) is 6.87. The highest BCUT2D eigenvalue weighted by Crippen LogP contribution is 2.65. The van der Waals surface area contributed by atoms with Crippen LogP contribution in [0, 0.1) is 34.5 Å². The molecule has 0 saturated heterocycles. The van der Waals surface area contributed by atoms with Crippen LogP contribution in [0.4, 0.5) is 0 Å². The van der Waals surface area contributed by atoms with Crippen molar-refractivity contribution in [1.82, 2.24) is 0 Å². The molecule has 0 aliphatic heterocycles. The predicted octanol–water partition coefficient (Wildman–Crippen LogP) is 4.50. The molecule has 4 rings (SSSR count). The zero-order valence-electron chi connectivity index (χ0n) is 14.6. The summed E-state index contributed by atoms with van der Waals surface area (Å²) in [6.07, 6.45) is 12.8. The first-order chi connectivity index (χ1) is 10.9. The Morgan fingerprint density at radius 3 is 2.65 bits per heavy atom. The third kappa shape index (κ3) is 1.99. The molecule has 0 N–H and O–H groups in total. The van der Waals surface area contributed by atoms with E-state index in [1.54, 1.807) is 13.0 Å². The van der Waals surface area contributed by atoms with Crippen LogP contribution in [0.25, 0.3) is 0 Å². The molecule has 0 heterocycles. The Kier molecular flexibility index (Phi) is 3.28. The Morgan fingerprint density at radius 2 is 1.91 bits per heavy atom. The van der Waals surface area contributed by atoms with Gasteiger partial charge in [0.2, 0.25) is 0 Å². The van der Waals surface area contributed by atoms with Gasteiger partial charge in [-0.1, -0.05) is 25.5 Å². The number of fused-ring (bicyclic) bond motifs is 5. The van der Waals surface area contributed by atoms with Gasteiger partial charge in [0.1, 0.15) is 5.78 Å². The molecule has 0 aromatic heterocycles. The molecule has 2 nitrogen and oxygen atoms in total. The average Bonchev–Trinajstić information content (AvgIpc) is 2.85. The molecular weight excluding hydrogens is 284 g/mol. The number of rotatable bonds is 1. The highest BCUT2D eigenvalue weighted by Gasteiger charge is 2.59. The number of Topliss-reactive ketones (excluding diaryl/α,β-unsaturated/α-hetero) is 1. The van der Waals surface area contributed by atoms with Crippen LogP contribution in [-0.2, 0) is 9.59 Å². The third-order valence-corrected chi connectivity index (χ3v) is 8.05. The van der Waals surface area contributed by atoms with Gasteiger partial charge in [-0.15, -0.1) is 0 Å². The van der Waals surface area contributed by atoms with Crippen molar-refractivity contribution in [1.29, 1.82) is 0 Å². The summed E-state index contributed by atoms with van der Waals surface area (Å²) in [5.41, 5.74) is 1.65. The number of allylic oxidation sites excluding steroid dienone is 4. The van der Waals surface area contributed by atoms with E-state index in [9.17, 15) is 9.59 Å². The first kappa shape index (κ1) is 15.4. The Bertz CT molecular complexity index is 628. The summed E-state index contributed by atoms with van der Waals surface area (Å²) in [7, 11) is 0. The Balaban J connectivity index is 1.68. The largest absolute Gasteiger partial charge is 0.300 e. The molecule has 0 unspecified atom stereocenters. The lowest BCUT2D eigenvalue weighted by Gasteiger charge is -2.56. The second kappa shape index (κ2) is 4.91. The monoisotopic (exact) mass is 312 g/mol. The van der Waals surface area contributed by atoms with Crippen molar-refractivity contribution in [3.05, 3.63) is 23.8 Å². The standard InChI is InChI=1S/C21H28O2/c1-13(22)17-6-7-18-16-5-4-14-12-15(23)8-10-20(14,2)19(16)9-11-21(17,18)3/h8,10,12,16-19H,4-7,9,11H2,1-3H3/t16-,17+,18-,19-,20+,21+/m0/s1. The minimum absolute atomic E-state index is 0.0759. The lowest BCUT2D eigenvalue weighted by atomic mass is 9.47. The second-order valence-corrected chi connectivity index (χ2v) is 8.89. The van der Waals surface area contributed by atoms with E-state index < -0.39 is 0 Å². The van der Waals surface area contributed by atoms with Gasteiger partial charge in [0.25, 0.3) is 0 Å². The van der Waals surface area contributed by atoms with E-state index in [-0.39, 0.29) is 22.5 Å². The Morgan fingerprint density at radius 1 is 1.13 bits per heavy atom. The molecular formula is C21H28O2. The van der Waals surface area contributed by atoms with Crippen LogP contribution in [-0.4, -0.2) is 11.6 Å². The van der Waals surface area contributed by atoms with Crippen LogP contribution in [0.15, 0.2) is 23.8 Å².